The summed E-state index contributed by atoms with van der Waals surface area (Å²) in [6.45, 7) is 0.701. The van der Waals surface area contributed by atoms with E-state index in [4.69, 9.17) is 16.3 Å². The fourth-order valence-electron chi connectivity index (χ4n) is 3.00. The molecule has 1 aromatic rings. The number of carbonyl (C=O) groups is 1. The second-order valence-electron chi connectivity index (χ2n) is 5.02. The van der Waals surface area contributed by atoms with Gasteiger partial charge in [-0.1, -0.05) is 24.4 Å². The van der Waals surface area contributed by atoms with Crippen LogP contribution in [0.15, 0.2) is 12.1 Å². The molecule has 3 rings (SSSR count). The summed E-state index contributed by atoms with van der Waals surface area (Å²) < 4.78 is 5.20. The molecule has 0 N–H and O–H groups in total. The number of hydrogen-bond donors (Lipinski definition) is 0. The average molecular weight is 266 g/mol. The maximum atomic E-state index is 12.4. The topological polar surface area (TPSA) is 29.5 Å². The Bertz CT molecular complexity index is 495. The van der Waals surface area contributed by atoms with Crippen molar-refractivity contribution >= 4 is 17.5 Å². The molecule has 1 aliphatic carbocycles. The Morgan fingerprint density at radius 2 is 2.06 bits per heavy atom. The lowest BCUT2D eigenvalue weighted by Crippen LogP contribution is -2.33. The highest BCUT2D eigenvalue weighted by molar-refractivity contribution is 6.32. The monoisotopic (exact) mass is 265 g/mol. The van der Waals surface area contributed by atoms with Gasteiger partial charge in [0.1, 0.15) is 5.75 Å². The van der Waals surface area contributed by atoms with Crippen molar-refractivity contribution in [1.29, 1.82) is 0 Å². The quantitative estimate of drug-likeness (QED) is 0.822. The lowest BCUT2D eigenvalue weighted by molar-refractivity contribution is 0.0707. The number of rotatable bonds is 2. The van der Waals surface area contributed by atoms with E-state index in [9.17, 15) is 4.79 Å². The molecule has 0 bridgehead atoms. The SMILES string of the molecule is COc1cc2c(cc1Cl)C(=O)N(C1CCCC1)C2. The Morgan fingerprint density at radius 1 is 1.33 bits per heavy atom. The van der Waals surface area contributed by atoms with Crippen LogP contribution < -0.4 is 4.74 Å². The molecule has 0 saturated heterocycles. The van der Waals surface area contributed by atoms with Crippen molar-refractivity contribution in [1.82, 2.24) is 4.90 Å². The fourth-order valence-corrected chi connectivity index (χ4v) is 3.24. The van der Waals surface area contributed by atoms with Crippen LogP contribution in [-0.2, 0) is 6.54 Å². The molecule has 3 nitrogen and oxygen atoms in total. The molecular formula is C14H16ClNO2. The number of benzene rings is 1. The number of nitrogens with zero attached hydrogens (tertiary/aromatic N) is 1. The third-order valence-electron chi connectivity index (χ3n) is 3.98. The summed E-state index contributed by atoms with van der Waals surface area (Å²) in [4.78, 5) is 14.4. The fraction of sp³-hybridized carbons (Fsp3) is 0.500. The molecule has 0 atom stereocenters. The van der Waals surface area contributed by atoms with Gasteiger partial charge in [-0.25, -0.2) is 0 Å². The van der Waals surface area contributed by atoms with Crippen molar-refractivity contribution in [2.75, 3.05) is 7.11 Å². The molecule has 1 saturated carbocycles. The van der Waals surface area contributed by atoms with Crippen molar-refractivity contribution < 1.29 is 9.53 Å². The largest absolute Gasteiger partial charge is 0.495 e. The van der Waals surface area contributed by atoms with Crippen LogP contribution in [0.2, 0.25) is 5.02 Å². The minimum Gasteiger partial charge on any atom is -0.495 e. The van der Waals surface area contributed by atoms with E-state index in [0.29, 0.717) is 23.4 Å². The summed E-state index contributed by atoms with van der Waals surface area (Å²) in [5, 5.41) is 0.512. The van der Waals surface area contributed by atoms with Crippen LogP contribution in [0.3, 0.4) is 0 Å². The van der Waals surface area contributed by atoms with E-state index in [1.54, 1.807) is 13.2 Å². The smallest absolute Gasteiger partial charge is 0.254 e. The zero-order valence-electron chi connectivity index (χ0n) is 10.4. The highest BCUT2D eigenvalue weighted by Crippen LogP contribution is 2.36. The Morgan fingerprint density at radius 3 is 2.72 bits per heavy atom. The molecule has 1 aromatic carbocycles. The van der Waals surface area contributed by atoms with Gasteiger partial charge < -0.3 is 9.64 Å². The molecule has 2 aliphatic rings. The highest BCUT2D eigenvalue weighted by atomic mass is 35.5. The summed E-state index contributed by atoms with van der Waals surface area (Å²) in [7, 11) is 1.60. The molecule has 96 valence electrons. The van der Waals surface area contributed by atoms with Crippen LogP contribution in [0.25, 0.3) is 0 Å². The number of fused-ring (bicyclic) bond motifs is 1. The third-order valence-corrected chi connectivity index (χ3v) is 4.27. The van der Waals surface area contributed by atoms with Gasteiger partial charge in [-0.05, 0) is 30.5 Å². The summed E-state index contributed by atoms with van der Waals surface area (Å²) in [5.41, 5.74) is 1.78. The van der Waals surface area contributed by atoms with E-state index in [1.165, 1.54) is 12.8 Å². The van der Waals surface area contributed by atoms with Gasteiger partial charge in [0.2, 0.25) is 0 Å². The first-order valence-corrected chi connectivity index (χ1v) is 6.76. The molecule has 4 heteroatoms. The van der Waals surface area contributed by atoms with Crippen LogP contribution in [0.4, 0.5) is 0 Å². The van der Waals surface area contributed by atoms with Gasteiger partial charge >= 0.3 is 0 Å². The van der Waals surface area contributed by atoms with E-state index in [2.05, 4.69) is 0 Å². The van der Waals surface area contributed by atoms with Crippen molar-refractivity contribution in [2.24, 2.45) is 0 Å². The van der Waals surface area contributed by atoms with Gasteiger partial charge in [0.15, 0.2) is 0 Å². The minimum absolute atomic E-state index is 0.126. The number of carbonyl (C=O) groups excluding carboxylic acids is 1. The van der Waals surface area contributed by atoms with Gasteiger partial charge in [0.25, 0.3) is 5.91 Å². The standard InChI is InChI=1S/C14H16ClNO2/c1-18-13-6-9-8-16(10-4-2-3-5-10)14(17)11(9)7-12(13)15/h6-7,10H,2-5,8H2,1H3. The zero-order valence-corrected chi connectivity index (χ0v) is 11.2. The van der Waals surface area contributed by atoms with Crippen LogP contribution in [0, 0.1) is 0 Å². The minimum atomic E-state index is 0.126. The highest BCUT2D eigenvalue weighted by Gasteiger charge is 2.34. The van der Waals surface area contributed by atoms with Gasteiger partial charge in [-0.3, -0.25) is 4.79 Å². The number of amides is 1. The van der Waals surface area contributed by atoms with Gasteiger partial charge in [0.05, 0.1) is 12.1 Å². The first-order chi connectivity index (χ1) is 8.70. The molecule has 0 aromatic heterocycles. The normalized spacial score (nSPS) is 19.4. The lowest BCUT2D eigenvalue weighted by Gasteiger charge is -2.23. The number of hydrogen-bond acceptors (Lipinski definition) is 2. The molecule has 0 spiro atoms. The predicted octanol–water partition coefficient (Wildman–Crippen LogP) is 3.25. The van der Waals surface area contributed by atoms with Crippen LogP contribution in [0.1, 0.15) is 41.6 Å². The molecule has 1 heterocycles. The zero-order chi connectivity index (χ0) is 12.7. The van der Waals surface area contributed by atoms with Gasteiger partial charge in [0, 0.05) is 18.2 Å². The van der Waals surface area contributed by atoms with Crippen molar-refractivity contribution in [3.8, 4) is 5.75 Å². The number of halogens is 1. The van der Waals surface area contributed by atoms with Crippen molar-refractivity contribution in [2.45, 2.75) is 38.3 Å². The van der Waals surface area contributed by atoms with Crippen LogP contribution >= 0.6 is 11.6 Å². The van der Waals surface area contributed by atoms with E-state index in [0.717, 1.165) is 24.0 Å². The first-order valence-electron chi connectivity index (χ1n) is 6.38. The van der Waals surface area contributed by atoms with E-state index < -0.39 is 0 Å². The van der Waals surface area contributed by atoms with Gasteiger partial charge in [-0.15, -0.1) is 0 Å². The Balaban J connectivity index is 1.93. The lowest BCUT2D eigenvalue weighted by atomic mass is 10.1. The van der Waals surface area contributed by atoms with Crippen molar-refractivity contribution in [3.63, 3.8) is 0 Å². The Labute approximate surface area is 112 Å². The second-order valence-corrected chi connectivity index (χ2v) is 5.42. The summed E-state index contributed by atoms with van der Waals surface area (Å²) in [6.07, 6.45) is 4.72. The molecule has 0 unspecified atom stereocenters. The van der Waals surface area contributed by atoms with Crippen LogP contribution in [0.5, 0.6) is 5.75 Å². The molecule has 1 fully saturated rings. The second kappa shape index (κ2) is 4.47. The van der Waals surface area contributed by atoms with E-state index >= 15 is 0 Å². The number of methoxy groups -OCH3 is 1. The van der Waals surface area contributed by atoms with Gasteiger partial charge in [-0.2, -0.15) is 0 Å². The Hall–Kier alpha value is -1.22. The maximum Gasteiger partial charge on any atom is 0.254 e. The predicted molar refractivity (Wildman–Crippen MR) is 70.1 cm³/mol. The molecule has 1 amide bonds. The summed E-state index contributed by atoms with van der Waals surface area (Å²) in [6, 6.07) is 4.05. The van der Waals surface area contributed by atoms with Crippen LogP contribution in [-0.4, -0.2) is 24.0 Å². The summed E-state index contributed by atoms with van der Waals surface area (Å²) >= 11 is 6.08. The Kier molecular flexibility index (Phi) is 2.94. The van der Waals surface area contributed by atoms with E-state index in [-0.39, 0.29) is 5.91 Å². The third kappa shape index (κ3) is 1.77. The molecule has 0 radical (unpaired) electrons. The molecular weight excluding hydrogens is 250 g/mol. The van der Waals surface area contributed by atoms with E-state index in [1.807, 2.05) is 11.0 Å². The molecule has 18 heavy (non-hydrogen) atoms. The maximum absolute atomic E-state index is 12.4. The number of ether oxygens (including phenoxy) is 1. The summed E-state index contributed by atoms with van der Waals surface area (Å²) in [5.74, 6) is 0.776. The van der Waals surface area contributed by atoms with Crippen molar-refractivity contribution in [3.05, 3.63) is 28.3 Å². The first kappa shape index (κ1) is 11.8. The molecule has 1 aliphatic heterocycles. The average Bonchev–Trinajstić information content (AvgIpc) is 2.98.